The third kappa shape index (κ3) is 3.55. The van der Waals surface area contributed by atoms with E-state index in [1.165, 1.54) is 0 Å². The van der Waals surface area contributed by atoms with Crippen LogP contribution in [0.3, 0.4) is 0 Å². The highest BCUT2D eigenvalue weighted by atomic mass is 16.2. The molecule has 0 bridgehead atoms. The fraction of sp³-hybridized carbons (Fsp3) is 0.467. The zero-order chi connectivity index (χ0) is 13.7. The van der Waals surface area contributed by atoms with Gasteiger partial charge in [0.1, 0.15) is 0 Å². The number of nitrogens with zero attached hydrogens (tertiary/aromatic N) is 2. The van der Waals surface area contributed by atoms with Crippen LogP contribution in [-0.4, -0.2) is 29.9 Å². The summed E-state index contributed by atoms with van der Waals surface area (Å²) >= 11 is 0. The first kappa shape index (κ1) is 13.6. The molecule has 4 heteroatoms. The van der Waals surface area contributed by atoms with Crippen molar-refractivity contribution < 1.29 is 4.79 Å². The van der Waals surface area contributed by atoms with E-state index in [0.717, 1.165) is 18.7 Å². The third-order valence-electron chi connectivity index (χ3n) is 3.37. The number of nitrogens with one attached hydrogen (secondary N) is 1. The Hall–Kier alpha value is -1.86. The van der Waals surface area contributed by atoms with Crippen molar-refractivity contribution in [2.75, 3.05) is 13.1 Å². The summed E-state index contributed by atoms with van der Waals surface area (Å²) in [5, 5.41) is 12.0. The topological polar surface area (TPSA) is 56.1 Å². The Morgan fingerprint density at radius 2 is 2.16 bits per heavy atom. The van der Waals surface area contributed by atoms with Gasteiger partial charge < -0.3 is 10.2 Å². The second-order valence-corrected chi connectivity index (χ2v) is 5.13. The van der Waals surface area contributed by atoms with Gasteiger partial charge in [0.25, 0.3) is 0 Å². The number of benzene rings is 1. The number of nitriles is 1. The highest BCUT2D eigenvalue weighted by molar-refractivity contribution is 5.82. The molecule has 0 aliphatic carbocycles. The molecule has 2 atom stereocenters. The van der Waals surface area contributed by atoms with Crippen molar-refractivity contribution in [3.63, 3.8) is 0 Å². The van der Waals surface area contributed by atoms with Crippen LogP contribution in [0, 0.1) is 17.2 Å². The minimum absolute atomic E-state index is 0.0368. The molecule has 1 aliphatic heterocycles. The van der Waals surface area contributed by atoms with Gasteiger partial charge in [0.2, 0.25) is 5.91 Å². The molecular formula is C15H19N3O. The fourth-order valence-electron chi connectivity index (χ4n) is 2.38. The van der Waals surface area contributed by atoms with Gasteiger partial charge in [-0.1, -0.05) is 37.3 Å². The van der Waals surface area contributed by atoms with E-state index in [4.69, 9.17) is 5.26 Å². The second-order valence-electron chi connectivity index (χ2n) is 5.13. The van der Waals surface area contributed by atoms with E-state index in [0.29, 0.717) is 12.5 Å². The SMILES string of the molecule is CC1CNC(CC#N)C(=O)N(Cc2ccccc2)C1. The lowest BCUT2D eigenvalue weighted by Crippen LogP contribution is -2.43. The fourth-order valence-corrected chi connectivity index (χ4v) is 2.38. The molecule has 19 heavy (non-hydrogen) atoms. The molecule has 0 aromatic heterocycles. The normalized spacial score (nSPS) is 23.8. The average Bonchev–Trinajstić information content (AvgIpc) is 2.54. The number of amides is 1. The van der Waals surface area contributed by atoms with Crippen LogP contribution in [0.4, 0.5) is 0 Å². The molecule has 100 valence electrons. The van der Waals surface area contributed by atoms with Crippen molar-refractivity contribution in [1.29, 1.82) is 5.26 Å². The number of hydrogen-bond donors (Lipinski definition) is 1. The van der Waals surface area contributed by atoms with Crippen LogP contribution in [0.15, 0.2) is 30.3 Å². The predicted octanol–water partition coefficient (Wildman–Crippen LogP) is 1.54. The molecule has 1 aromatic rings. The second kappa shape index (κ2) is 6.35. The first-order valence-corrected chi connectivity index (χ1v) is 6.63. The Labute approximate surface area is 114 Å². The minimum Gasteiger partial charge on any atom is -0.337 e. The third-order valence-corrected chi connectivity index (χ3v) is 3.37. The van der Waals surface area contributed by atoms with Crippen molar-refractivity contribution in [2.45, 2.75) is 25.9 Å². The Balaban J connectivity index is 2.12. The number of rotatable bonds is 3. The van der Waals surface area contributed by atoms with Gasteiger partial charge >= 0.3 is 0 Å². The smallest absolute Gasteiger partial charge is 0.241 e. The molecule has 0 saturated carbocycles. The summed E-state index contributed by atoms with van der Waals surface area (Å²) < 4.78 is 0. The van der Waals surface area contributed by atoms with Gasteiger partial charge in [-0.25, -0.2) is 0 Å². The van der Waals surface area contributed by atoms with Gasteiger partial charge in [0.15, 0.2) is 0 Å². The summed E-state index contributed by atoms with van der Waals surface area (Å²) in [5.41, 5.74) is 1.13. The lowest BCUT2D eigenvalue weighted by molar-refractivity contribution is -0.133. The predicted molar refractivity (Wildman–Crippen MR) is 73.0 cm³/mol. The molecule has 1 N–H and O–H groups in total. The van der Waals surface area contributed by atoms with E-state index in [1.807, 2.05) is 35.2 Å². The van der Waals surface area contributed by atoms with Crippen LogP contribution in [-0.2, 0) is 11.3 Å². The van der Waals surface area contributed by atoms with Crippen LogP contribution in [0.25, 0.3) is 0 Å². The van der Waals surface area contributed by atoms with Gasteiger partial charge in [0.05, 0.1) is 18.5 Å². The number of carbonyl (C=O) groups excluding carboxylic acids is 1. The summed E-state index contributed by atoms with van der Waals surface area (Å²) in [7, 11) is 0. The van der Waals surface area contributed by atoms with Crippen molar-refractivity contribution in [2.24, 2.45) is 5.92 Å². The molecular weight excluding hydrogens is 238 g/mol. The van der Waals surface area contributed by atoms with E-state index in [-0.39, 0.29) is 18.4 Å². The van der Waals surface area contributed by atoms with Crippen LogP contribution in [0.5, 0.6) is 0 Å². The maximum absolute atomic E-state index is 12.4. The van der Waals surface area contributed by atoms with E-state index in [1.54, 1.807) is 0 Å². The van der Waals surface area contributed by atoms with Gasteiger partial charge in [0, 0.05) is 19.6 Å². The van der Waals surface area contributed by atoms with Gasteiger partial charge in [-0.3, -0.25) is 4.79 Å². The minimum atomic E-state index is -0.362. The van der Waals surface area contributed by atoms with Crippen LogP contribution >= 0.6 is 0 Å². The van der Waals surface area contributed by atoms with E-state index in [9.17, 15) is 4.79 Å². The molecule has 4 nitrogen and oxygen atoms in total. The highest BCUT2D eigenvalue weighted by Crippen LogP contribution is 2.13. The Morgan fingerprint density at radius 3 is 2.84 bits per heavy atom. The molecule has 1 amide bonds. The lowest BCUT2D eigenvalue weighted by atomic mass is 10.1. The van der Waals surface area contributed by atoms with Gasteiger partial charge in [-0.05, 0) is 11.5 Å². The monoisotopic (exact) mass is 257 g/mol. The maximum atomic E-state index is 12.4. The Morgan fingerprint density at radius 1 is 1.42 bits per heavy atom. The van der Waals surface area contributed by atoms with Crippen molar-refractivity contribution in [3.05, 3.63) is 35.9 Å². The largest absolute Gasteiger partial charge is 0.337 e. The molecule has 1 aromatic carbocycles. The van der Waals surface area contributed by atoms with Gasteiger partial charge in [-0.15, -0.1) is 0 Å². The molecule has 1 saturated heterocycles. The summed E-state index contributed by atoms with van der Waals surface area (Å²) in [5.74, 6) is 0.436. The van der Waals surface area contributed by atoms with E-state index < -0.39 is 0 Å². The summed E-state index contributed by atoms with van der Waals surface area (Å²) in [6.45, 7) is 4.26. The van der Waals surface area contributed by atoms with E-state index in [2.05, 4.69) is 18.3 Å². The van der Waals surface area contributed by atoms with Crippen LogP contribution in [0.1, 0.15) is 18.9 Å². The van der Waals surface area contributed by atoms with Crippen molar-refractivity contribution >= 4 is 5.91 Å². The standard InChI is InChI=1S/C15H19N3O/c1-12-9-17-14(7-8-16)15(19)18(10-12)11-13-5-3-2-4-6-13/h2-6,12,14,17H,7,9-11H2,1H3. The molecule has 2 rings (SSSR count). The lowest BCUT2D eigenvalue weighted by Gasteiger charge is -2.24. The van der Waals surface area contributed by atoms with Gasteiger partial charge in [-0.2, -0.15) is 5.26 Å². The molecule has 0 radical (unpaired) electrons. The molecule has 0 spiro atoms. The maximum Gasteiger partial charge on any atom is 0.241 e. The zero-order valence-corrected chi connectivity index (χ0v) is 11.2. The quantitative estimate of drug-likeness (QED) is 0.893. The van der Waals surface area contributed by atoms with E-state index >= 15 is 0 Å². The number of carbonyl (C=O) groups is 1. The van der Waals surface area contributed by atoms with Crippen molar-refractivity contribution in [3.8, 4) is 6.07 Å². The number of hydrogen-bond acceptors (Lipinski definition) is 3. The van der Waals surface area contributed by atoms with Crippen LogP contribution in [0.2, 0.25) is 0 Å². The molecule has 1 fully saturated rings. The summed E-state index contributed by atoms with van der Waals surface area (Å²) in [6, 6.07) is 11.7. The van der Waals surface area contributed by atoms with Crippen molar-refractivity contribution in [1.82, 2.24) is 10.2 Å². The Bertz CT molecular complexity index is 466. The Kier molecular flexibility index (Phi) is 4.53. The molecule has 1 heterocycles. The highest BCUT2D eigenvalue weighted by Gasteiger charge is 2.28. The summed E-state index contributed by atoms with van der Waals surface area (Å²) in [4.78, 5) is 14.3. The average molecular weight is 257 g/mol. The molecule has 2 unspecified atom stereocenters. The first-order valence-electron chi connectivity index (χ1n) is 6.63. The zero-order valence-electron chi connectivity index (χ0n) is 11.2. The molecule has 1 aliphatic rings. The first-order chi connectivity index (χ1) is 9.20. The van der Waals surface area contributed by atoms with Crippen LogP contribution < -0.4 is 5.32 Å². The summed E-state index contributed by atoms with van der Waals surface area (Å²) in [6.07, 6.45) is 0.233.